The topological polar surface area (TPSA) is 69.5 Å². The van der Waals surface area contributed by atoms with Crippen LogP contribution in [0.3, 0.4) is 0 Å². The Balaban J connectivity index is 1.86. The number of aryl methyl sites for hydroxylation is 5. The van der Waals surface area contributed by atoms with Gasteiger partial charge in [-0.25, -0.2) is 0 Å². The fraction of sp³-hybridized carbons (Fsp3) is 0.385. The van der Waals surface area contributed by atoms with Gasteiger partial charge in [-0.3, -0.25) is 9.97 Å². The van der Waals surface area contributed by atoms with Crippen molar-refractivity contribution in [2.45, 2.75) is 59.8 Å². The van der Waals surface area contributed by atoms with Gasteiger partial charge in [-0.1, -0.05) is 32.0 Å². The first-order chi connectivity index (χ1) is 14.8. The molecular formula is C26H31N3O2. The maximum absolute atomic E-state index is 11.3. The van der Waals surface area contributed by atoms with Crippen LogP contribution in [0.1, 0.15) is 53.1 Å². The fourth-order valence-electron chi connectivity index (χ4n) is 4.95. The number of fused-ring (bicyclic) bond motifs is 1. The lowest BCUT2D eigenvalue weighted by molar-refractivity contribution is -0.174. The van der Waals surface area contributed by atoms with Crippen molar-refractivity contribution in [2.24, 2.45) is 0 Å². The Hall–Kier alpha value is -2.76. The molecule has 0 aliphatic carbocycles. The average Bonchev–Trinajstić information content (AvgIpc) is 2.73. The molecule has 0 bridgehead atoms. The lowest BCUT2D eigenvalue weighted by atomic mass is 9.90. The van der Waals surface area contributed by atoms with E-state index in [2.05, 4.69) is 37.0 Å². The molecule has 0 saturated carbocycles. The Morgan fingerprint density at radius 2 is 1.68 bits per heavy atom. The van der Waals surface area contributed by atoms with Crippen LogP contribution in [0.15, 0.2) is 36.5 Å². The lowest BCUT2D eigenvalue weighted by Crippen LogP contribution is -2.52. The molecule has 1 aromatic carbocycles. The molecule has 5 nitrogen and oxygen atoms in total. The van der Waals surface area contributed by atoms with Crippen LogP contribution in [0.2, 0.25) is 0 Å². The van der Waals surface area contributed by atoms with Crippen LogP contribution in [-0.4, -0.2) is 26.7 Å². The second-order valence-electron chi connectivity index (χ2n) is 8.40. The SMILES string of the molecule is CCc1cccc(CC)c1-c1cc(C)c2c(n1)CCN(c1c(C)ccnc1C)C2(O)O. The predicted molar refractivity (Wildman–Crippen MR) is 124 cm³/mol. The molecule has 0 saturated heterocycles. The van der Waals surface area contributed by atoms with Gasteiger partial charge in [0.25, 0.3) is 5.91 Å². The maximum atomic E-state index is 11.3. The number of anilines is 1. The maximum Gasteiger partial charge on any atom is 0.277 e. The third-order valence-electron chi connectivity index (χ3n) is 6.41. The Labute approximate surface area is 184 Å². The standard InChI is InChI=1S/C26H31N3O2/c1-6-19-9-8-10-20(7-2)23(19)22-15-17(4)24-21(28-22)12-14-29(26(24,30)31)25-16(3)11-13-27-18(25)5/h8-11,13,15,30-31H,6-7,12,14H2,1-5H3. The van der Waals surface area contributed by atoms with Gasteiger partial charge in [0.05, 0.1) is 28.3 Å². The predicted octanol–water partition coefficient (Wildman–Crippen LogP) is 4.35. The monoisotopic (exact) mass is 417 g/mol. The van der Waals surface area contributed by atoms with Gasteiger partial charge >= 0.3 is 0 Å². The van der Waals surface area contributed by atoms with Gasteiger partial charge in [0.2, 0.25) is 0 Å². The fourth-order valence-corrected chi connectivity index (χ4v) is 4.95. The molecule has 162 valence electrons. The van der Waals surface area contributed by atoms with Crippen LogP contribution in [0.25, 0.3) is 11.3 Å². The summed E-state index contributed by atoms with van der Waals surface area (Å²) in [5, 5.41) is 22.7. The van der Waals surface area contributed by atoms with Gasteiger partial charge in [-0.15, -0.1) is 0 Å². The first-order valence-corrected chi connectivity index (χ1v) is 11.1. The minimum absolute atomic E-state index is 0.458. The zero-order chi connectivity index (χ0) is 22.3. The van der Waals surface area contributed by atoms with Crippen molar-refractivity contribution < 1.29 is 10.2 Å². The molecule has 5 heteroatoms. The minimum atomic E-state index is -2.14. The van der Waals surface area contributed by atoms with E-state index in [1.165, 1.54) is 16.7 Å². The van der Waals surface area contributed by atoms with E-state index in [0.717, 1.165) is 46.7 Å². The van der Waals surface area contributed by atoms with Gasteiger partial charge in [-0.05, 0) is 68.0 Å². The highest BCUT2D eigenvalue weighted by Crippen LogP contribution is 2.40. The molecule has 2 N–H and O–H groups in total. The van der Waals surface area contributed by atoms with E-state index in [4.69, 9.17) is 4.98 Å². The Morgan fingerprint density at radius 1 is 1.00 bits per heavy atom. The molecule has 0 radical (unpaired) electrons. The third-order valence-corrected chi connectivity index (χ3v) is 6.41. The van der Waals surface area contributed by atoms with E-state index >= 15 is 0 Å². The molecule has 2 aromatic heterocycles. The number of hydrogen-bond donors (Lipinski definition) is 2. The van der Waals surface area contributed by atoms with Gasteiger partial charge in [0.15, 0.2) is 0 Å². The number of benzene rings is 1. The minimum Gasteiger partial charge on any atom is -0.345 e. The molecule has 0 unspecified atom stereocenters. The molecule has 4 rings (SSSR count). The summed E-state index contributed by atoms with van der Waals surface area (Å²) >= 11 is 0. The van der Waals surface area contributed by atoms with E-state index in [0.29, 0.717) is 18.5 Å². The van der Waals surface area contributed by atoms with E-state index in [-0.39, 0.29) is 0 Å². The van der Waals surface area contributed by atoms with E-state index in [1.54, 1.807) is 11.1 Å². The van der Waals surface area contributed by atoms with Crippen LogP contribution in [0, 0.1) is 20.8 Å². The smallest absolute Gasteiger partial charge is 0.277 e. The van der Waals surface area contributed by atoms with Crippen molar-refractivity contribution in [3.05, 3.63) is 75.7 Å². The molecule has 0 spiro atoms. The molecule has 3 heterocycles. The van der Waals surface area contributed by atoms with Crippen LogP contribution >= 0.6 is 0 Å². The van der Waals surface area contributed by atoms with Gasteiger partial charge in [0, 0.05) is 24.7 Å². The number of hydrogen-bond acceptors (Lipinski definition) is 5. The zero-order valence-electron chi connectivity index (χ0n) is 19.0. The summed E-state index contributed by atoms with van der Waals surface area (Å²) in [4.78, 5) is 11.0. The molecule has 31 heavy (non-hydrogen) atoms. The van der Waals surface area contributed by atoms with Gasteiger partial charge < -0.3 is 15.1 Å². The van der Waals surface area contributed by atoms with E-state index in [1.807, 2.05) is 32.9 Å². The summed E-state index contributed by atoms with van der Waals surface area (Å²) in [7, 11) is 0. The molecule has 0 fully saturated rings. The molecule has 0 atom stereocenters. The highest BCUT2D eigenvalue weighted by molar-refractivity contribution is 5.70. The normalized spacial score (nSPS) is 15.1. The molecular weight excluding hydrogens is 386 g/mol. The Morgan fingerprint density at radius 3 is 2.29 bits per heavy atom. The van der Waals surface area contributed by atoms with Crippen molar-refractivity contribution in [1.82, 2.24) is 9.97 Å². The number of pyridine rings is 2. The molecule has 3 aromatic rings. The number of nitrogens with zero attached hydrogens (tertiary/aromatic N) is 3. The summed E-state index contributed by atoms with van der Waals surface area (Å²) in [6.45, 7) is 10.6. The Kier molecular flexibility index (Phi) is 5.58. The number of rotatable bonds is 4. The summed E-state index contributed by atoms with van der Waals surface area (Å²) in [5.74, 6) is -2.14. The highest BCUT2D eigenvalue weighted by atomic mass is 16.5. The van der Waals surface area contributed by atoms with Crippen molar-refractivity contribution in [3.8, 4) is 11.3 Å². The lowest BCUT2D eigenvalue weighted by Gasteiger charge is -2.43. The largest absolute Gasteiger partial charge is 0.345 e. The molecule has 0 amide bonds. The third kappa shape index (κ3) is 3.52. The summed E-state index contributed by atoms with van der Waals surface area (Å²) < 4.78 is 0. The van der Waals surface area contributed by atoms with Gasteiger partial charge in [-0.2, -0.15) is 0 Å². The van der Waals surface area contributed by atoms with Crippen LogP contribution in [0.4, 0.5) is 5.69 Å². The van der Waals surface area contributed by atoms with E-state index < -0.39 is 5.91 Å². The quantitative estimate of drug-likeness (QED) is 0.618. The number of aromatic nitrogens is 2. The summed E-state index contributed by atoms with van der Waals surface area (Å²) in [6, 6.07) is 10.3. The second-order valence-corrected chi connectivity index (χ2v) is 8.40. The second kappa shape index (κ2) is 8.06. The first-order valence-electron chi connectivity index (χ1n) is 11.1. The van der Waals surface area contributed by atoms with Crippen molar-refractivity contribution >= 4 is 5.69 Å². The molecule has 1 aliphatic heterocycles. The Bertz CT molecular complexity index is 1100. The molecule has 1 aliphatic rings. The zero-order valence-corrected chi connectivity index (χ0v) is 19.0. The van der Waals surface area contributed by atoms with Crippen molar-refractivity contribution in [2.75, 3.05) is 11.4 Å². The number of aliphatic hydroxyl groups is 2. The first kappa shape index (κ1) is 21.5. The summed E-state index contributed by atoms with van der Waals surface area (Å²) in [6.07, 6.45) is 4.24. The average molecular weight is 418 g/mol. The highest BCUT2D eigenvalue weighted by Gasteiger charge is 2.43. The van der Waals surface area contributed by atoms with E-state index in [9.17, 15) is 10.2 Å². The summed E-state index contributed by atoms with van der Waals surface area (Å²) in [5.41, 5.74) is 9.23. The van der Waals surface area contributed by atoms with Crippen LogP contribution in [0.5, 0.6) is 0 Å². The van der Waals surface area contributed by atoms with Crippen molar-refractivity contribution in [3.63, 3.8) is 0 Å². The van der Waals surface area contributed by atoms with Crippen molar-refractivity contribution in [1.29, 1.82) is 0 Å². The van der Waals surface area contributed by atoms with Gasteiger partial charge in [0.1, 0.15) is 0 Å². The van der Waals surface area contributed by atoms with Crippen LogP contribution in [-0.2, 0) is 25.2 Å². The van der Waals surface area contributed by atoms with Crippen LogP contribution < -0.4 is 4.90 Å².